The fraction of sp³-hybridized carbons (Fsp3) is 0.435. The molecule has 1 aliphatic rings. The van der Waals surface area contributed by atoms with Gasteiger partial charge in [0.15, 0.2) is 0 Å². The molecule has 2 aromatic rings. The van der Waals surface area contributed by atoms with E-state index in [1.807, 2.05) is 69.9 Å². The Labute approximate surface area is 179 Å². The molecule has 1 fully saturated rings. The highest BCUT2D eigenvalue weighted by atomic mass is 32.2. The van der Waals surface area contributed by atoms with Gasteiger partial charge >= 0.3 is 0 Å². The second-order valence-corrected chi connectivity index (χ2v) is 9.98. The zero-order chi connectivity index (χ0) is 22.2. The number of rotatable bonds is 5. The van der Waals surface area contributed by atoms with Gasteiger partial charge in [0.05, 0.1) is 4.90 Å². The van der Waals surface area contributed by atoms with E-state index in [-0.39, 0.29) is 0 Å². The largest absolute Gasteiger partial charge is 0.368 e. The van der Waals surface area contributed by atoms with Crippen LogP contribution in [0.2, 0.25) is 0 Å². The Morgan fingerprint density at radius 1 is 0.833 bits per heavy atom. The average Bonchev–Trinajstić information content (AvgIpc) is 2.72. The number of amides is 1. The Balaban J connectivity index is 1.87. The molecule has 2 aromatic carbocycles. The summed E-state index contributed by atoms with van der Waals surface area (Å²) >= 11 is 0. The minimum absolute atomic E-state index is 0.323. The number of carbonyl (C=O) groups excluding carboxylic acids is 1. The summed E-state index contributed by atoms with van der Waals surface area (Å²) < 4.78 is 28.6. The smallest absolute Gasteiger partial charge is 0.243 e. The first kappa shape index (κ1) is 22.5. The summed E-state index contributed by atoms with van der Waals surface area (Å²) in [4.78, 5) is 14.5. The number of nitrogens with zero attached hydrogens (tertiary/aromatic N) is 2. The molecule has 0 saturated carbocycles. The Morgan fingerprint density at radius 2 is 1.30 bits per heavy atom. The molecule has 0 bridgehead atoms. The summed E-state index contributed by atoms with van der Waals surface area (Å²) in [6.07, 6.45) is 0. The van der Waals surface area contributed by atoms with Crippen LogP contribution in [0.15, 0.2) is 35.2 Å². The molecular formula is C23H31N3O3S. The van der Waals surface area contributed by atoms with Crippen LogP contribution in [0.3, 0.4) is 0 Å². The number of hydrogen-bond donors (Lipinski definition) is 1. The summed E-state index contributed by atoms with van der Waals surface area (Å²) in [6.45, 7) is 11.3. The number of carbonyl (C=O) groups is 1. The van der Waals surface area contributed by atoms with Crippen molar-refractivity contribution in [1.29, 1.82) is 0 Å². The van der Waals surface area contributed by atoms with Gasteiger partial charge in [-0.05, 0) is 68.0 Å². The number of primary amides is 1. The first-order valence-corrected chi connectivity index (χ1v) is 11.7. The number of sulfonamides is 1. The summed E-state index contributed by atoms with van der Waals surface area (Å²) in [5.41, 5.74) is 11.3. The topological polar surface area (TPSA) is 83.7 Å². The van der Waals surface area contributed by atoms with Crippen molar-refractivity contribution in [1.82, 2.24) is 9.21 Å². The maximum atomic E-state index is 13.5. The van der Waals surface area contributed by atoms with Gasteiger partial charge < -0.3 is 5.73 Å². The van der Waals surface area contributed by atoms with Gasteiger partial charge in [0, 0.05) is 26.2 Å². The maximum Gasteiger partial charge on any atom is 0.243 e. The monoisotopic (exact) mass is 429 g/mol. The summed E-state index contributed by atoms with van der Waals surface area (Å²) in [7, 11) is -3.63. The van der Waals surface area contributed by atoms with Crippen LogP contribution in [0.1, 0.15) is 39.4 Å². The lowest BCUT2D eigenvalue weighted by Gasteiger charge is -2.38. The van der Waals surface area contributed by atoms with E-state index >= 15 is 0 Å². The molecule has 1 heterocycles. The van der Waals surface area contributed by atoms with Crippen LogP contribution in [-0.4, -0.2) is 49.7 Å². The van der Waals surface area contributed by atoms with Crippen molar-refractivity contribution in [2.45, 2.75) is 45.6 Å². The molecule has 0 radical (unpaired) electrons. The highest BCUT2D eigenvalue weighted by Gasteiger charge is 2.35. The quantitative estimate of drug-likeness (QED) is 0.792. The van der Waals surface area contributed by atoms with Gasteiger partial charge in [-0.2, -0.15) is 4.31 Å². The second-order valence-electron chi connectivity index (χ2n) is 8.11. The molecule has 1 aliphatic heterocycles. The van der Waals surface area contributed by atoms with Gasteiger partial charge in [-0.25, -0.2) is 8.42 Å². The lowest BCUT2D eigenvalue weighted by molar-refractivity contribution is -0.124. The van der Waals surface area contributed by atoms with Crippen molar-refractivity contribution in [3.8, 4) is 0 Å². The van der Waals surface area contributed by atoms with E-state index in [0.29, 0.717) is 31.1 Å². The minimum atomic E-state index is -3.63. The van der Waals surface area contributed by atoms with E-state index in [2.05, 4.69) is 0 Å². The molecule has 6 nitrogen and oxygen atoms in total. The van der Waals surface area contributed by atoms with E-state index in [0.717, 1.165) is 33.4 Å². The lowest BCUT2D eigenvalue weighted by atomic mass is 9.95. The standard InChI is InChI=1S/C23H31N3O3S/c1-15-16(2)18(4)22(19(5)17(15)3)30(28,29)26-13-11-25(12-14-26)21(23(24)27)20-9-7-6-8-10-20/h6-10,21H,11-14H2,1-5H3,(H2,24,27)/t21-/m0/s1. The molecule has 7 heteroatoms. The third kappa shape index (κ3) is 3.89. The Hall–Kier alpha value is -2.22. The summed E-state index contributed by atoms with van der Waals surface area (Å²) in [6, 6.07) is 8.84. The van der Waals surface area contributed by atoms with Gasteiger partial charge in [0.25, 0.3) is 0 Å². The molecule has 0 aliphatic carbocycles. The number of hydrogen-bond acceptors (Lipinski definition) is 4. The van der Waals surface area contributed by atoms with Gasteiger partial charge in [-0.1, -0.05) is 30.3 Å². The van der Waals surface area contributed by atoms with Crippen molar-refractivity contribution in [2.75, 3.05) is 26.2 Å². The van der Waals surface area contributed by atoms with Crippen LogP contribution in [0.5, 0.6) is 0 Å². The molecule has 0 spiro atoms. The molecule has 1 atom stereocenters. The summed E-state index contributed by atoms with van der Waals surface area (Å²) in [5, 5.41) is 0. The number of piperazine rings is 1. The molecule has 1 saturated heterocycles. The third-order valence-corrected chi connectivity index (χ3v) is 8.73. The Kier molecular flexibility index (Phi) is 6.36. The third-order valence-electron chi connectivity index (χ3n) is 6.55. The van der Waals surface area contributed by atoms with Crippen molar-refractivity contribution in [2.24, 2.45) is 5.73 Å². The average molecular weight is 430 g/mol. The fourth-order valence-corrected chi connectivity index (χ4v) is 6.36. The molecule has 3 rings (SSSR count). The predicted octanol–water partition coefficient (Wildman–Crippen LogP) is 2.76. The molecule has 30 heavy (non-hydrogen) atoms. The van der Waals surface area contributed by atoms with Gasteiger partial charge in [-0.15, -0.1) is 0 Å². The Bertz CT molecular complexity index is 1030. The van der Waals surface area contributed by atoms with Gasteiger partial charge in [0.1, 0.15) is 6.04 Å². The van der Waals surface area contributed by atoms with Crippen molar-refractivity contribution in [3.05, 3.63) is 63.7 Å². The minimum Gasteiger partial charge on any atom is -0.368 e. The van der Waals surface area contributed by atoms with E-state index in [1.54, 1.807) is 0 Å². The predicted molar refractivity (Wildman–Crippen MR) is 119 cm³/mol. The lowest BCUT2D eigenvalue weighted by Crippen LogP contribution is -2.52. The van der Waals surface area contributed by atoms with Crippen LogP contribution >= 0.6 is 0 Å². The zero-order valence-electron chi connectivity index (χ0n) is 18.4. The molecule has 2 N–H and O–H groups in total. The normalized spacial score (nSPS) is 17.1. The van der Waals surface area contributed by atoms with Crippen LogP contribution in [0.25, 0.3) is 0 Å². The molecule has 0 aromatic heterocycles. The van der Waals surface area contributed by atoms with Crippen molar-refractivity contribution < 1.29 is 13.2 Å². The van der Waals surface area contributed by atoms with Crippen molar-refractivity contribution in [3.63, 3.8) is 0 Å². The second kappa shape index (κ2) is 8.49. The van der Waals surface area contributed by atoms with Crippen molar-refractivity contribution >= 4 is 15.9 Å². The highest BCUT2D eigenvalue weighted by Crippen LogP contribution is 2.32. The fourth-order valence-electron chi connectivity index (χ4n) is 4.37. The Morgan fingerprint density at radius 3 is 1.77 bits per heavy atom. The first-order chi connectivity index (χ1) is 14.1. The maximum absolute atomic E-state index is 13.5. The SMILES string of the molecule is Cc1c(C)c(C)c(S(=O)(=O)N2CCN([C@H](C(N)=O)c3ccccc3)CC2)c(C)c1C. The van der Waals surface area contributed by atoms with Crippen LogP contribution in [0.4, 0.5) is 0 Å². The zero-order valence-corrected chi connectivity index (χ0v) is 19.2. The molecular weight excluding hydrogens is 398 g/mol. The van der Waals surface area contributed by atoms with E-state index in [4.69, 9.17) is 5.73 Å². The van der Waals surface area contributed by atoms with Crippen LogP contribution in [-0.2, 0) is 14.8 Å². The highest BCUT2D eigenvalue weighted by molar-refractivity contribution is 7.89. The molecule has 162 valence electrons. The first-order valence-electron chi connectivity index (χ1n) is 10.2. The van der Waals surface area contributed by atoms with E-state index in [9.17, 15) is 13.2 Å². The van der Waals surface area contributed by atoms with Crippen LogP contribution < -0.4 is 5.73 Å². The van der Waals surface area contributed by atoms with Gasteiger partial charge in [-0.3, -0.25) is 9.69 Å². The van der Waals surface area contributed by atoms with E-state index in [1.165, 1.54) is 4.31 Å². The molecule has 1 amide bonds. The van der Waals surface area contributed by atoms with Gasteiger partial charge in [0.2, 0.25) is 15.9 Å². The number of nitrogens with two attached hydrogens (primary N) is 1. The van der Waals surface area contributed by atoms with E-state index < -0.39 is 22.0 Å². The summed E-state index contributed by atoms with van der Waals surface area (Å²) in [5.74, 6) is -0.422. The van der Waals surface area contributed by atoms with Crippen LogP contribution in [0, 0.1) is 34.6 Å². The number of benzene rings is 2. The molecule has 0 unspecified atom stereocenters.